The van der Waals surface area contributed by atoms with Gasteiger partial charge in [0, 0.05) is 33.0 Å². The summed E-state index contributed by atoms with van der Waals surface area (Å²) < 4.78 is 15.6. The molecule has 0 bridgehead atoms. The number of allylic oxidation sites excluding steroid dienone is 6. The minimum atomic E-state index is -0.399. The Morgan fingerprint density at radius 2 is 1.90 bits per heavy atom. The van der Waals surface area contributed by atoms with Gasteiger partial charge in [-0.1, -0.05) is 32.2 Å². The number of rotatable bonds is 11. The van der Waals surface area contributed by atoms with E-state index in [0.29, 0.717) is 48.7 Å². The van der Waals surface area contributed by atoms with Crippen LogP contribution in [0.2, 0.25) is 0 Å². The first-order valence-corrected chi connectivity index (χ1v) is 12.6. The Labute approximate surface area is 258 Å². The van der Waals surface area contributed by atoms with Gasteiger partial charge in [0.25, 0.3) is 5.91 Å². The average Bonchev–Trinajstić information content (AvgIpc) is 2.96. The number of hydrogen-bond donors (Lipinski definition) is 4. The molecule has 10 nitrogen and oxygen atoms in total. The number of aliphatic hydroxyl groups excluding tert-OH is 2. The van der Waals surface area contributed by atoms with Crippen molar-refractivity contribution in [1.29, 1.82) is 5.41 Å². The largest absolute Gasteiger partial charge is 2.00 e. The first kappa shape index (κ1) is 39.6. The molecule has 0 saturated heterocycles. The van der Waals surface area contributed by atoms with Gasteiger partial charge < -0.3 is 46.5 Å². The monoisotopic (exact) mass is 659 g/mol. The second-order valence-electron chi connectivity index (χ2n) is 8.05. The molecule has 2 amide bonds. The number of carbonyl (C=O) groups excluding carboxylic acids is 2. The molecule has 0 spiro atoms. The van der Waals surface area contributed by atoms with Crippen molar-refractivity contribution in [1.82, 2.24) is 10.2 Å². The second-order valence-corrected chi connectivity index (χ2v) is 8.05. The maximum Gasteiger partial charge on any atom is 2.00 e. The third kappa shape index (κ3) is 14.7. The number of nitrogens with zero attached hydrogens (tertiary/aromatic N) is 1. The number of carbonyl (C=O) groups is 2. The van der Waals surface area contributed by atoms with Gasteiger partial charge in [-0.2, -0.15) is 24.6 Å². The van der Waals surface area contributed by atoms with Crippen molar-refractivity contribution in [3.05, 3.63) is 70.8 Å². The first-order chi connectivity index (χ1) is 18.8. The topological polar surface area (TPSA) is 141 Å². The van der Waals surface area contributed by atoms with Crippen molar-refractivity contribution in [2.45, 2.75) is 40.2 Å². The Bertz CT molecular complexity index is 992. The number of hydrogen-bond acceptors (Lipinski definition) is 8. The molecular formula is C29H43CdN3O7. The molecule has 0 fully saturated rings. The maximum atomic E-state index is 12.9. The summed E-state index contributed by atoms with van der Waals surface area (Å²) in [5.74, 6) is 0.178. The third-order valence-corrected chi connectivity index (χ3v) is 5.23. The van der Waals surface area contributed by atoms with Crippen LogP contribution >= 0.6 is 0 Å². The van der Waals surface area contributed by atoms with Crippen LogP contribution in [0.25, 0.3) is 0 Å². The van der Waals surface area contributed by atoms with Gasteiger partial charge in [0.05, 0.1) is 19.3 Å². The molecule has 0 saturated carbocycles. The Morgan fingerprint density at radius 3 is 2.45 bits per heavy atom. The predicted molar refractivity (Wildman–Crippen MR) is 152 cm³/mol. The molecule has 1 aromatic carbocycles. The van der Waals surface area contributed by atoms with E-state index in [1.54, 1.807) is 56.6 Å². The fourth-order valence-electron chi connectivity index (χ4n) is 3.36. The molecule has 4 N–H and O–H groups in total. The van der Waals surface area contributed by atoms with Gasteiger partial charge in [0.15, 0.2) is 0 Å². The van der Waals surface area contributed by atoms with Crippen molar-refractivity contribution >= 4 is 18.2 Å². The fourth-order valence-corrected chi connectivity index (χ4v) is 3.36. The van der Waals surface area contributed by atoms with Crippen molar-refractivity contribution in [3.8, 4) is 5.75 Å². The van der Waals surface area contributed by atoms with Gasteiger partial charge in [-0.25, -0.2) is 4.79 Å². The number of methoxy groups -OCH3 is 2. The van der Waals surface area contributed by atoms with E-state index in [-0.39, 0.29) is 46.4 Å². The molecular weight excluding hydrogens is 615 g/mol. The summed E-state index contributed by atoms with van der Waals surface area (Å²) in [5, 5.41) is 24.9. The van der Waals surface area contributed by atoms with Crippen LogP contribution in [0.5, 0.6) is 5.75 Å². The maximum absolute atomic E-state index is 12.9. The summed E-state index contributed by atoms with van der Waals surface area (Å²) in [5.41, 5.74) is 3.63. The van der Waals surface area contributed by atoms with Crippen LogP contribution < -0.4 is 10.1 Å². The van der Waals surface area contributed by atoms with Gasteiger partial charge >= 0.3 is 33.4 Å². The zero-order valence-corrected chi connectivity index (χ0v) is 28.6. The quantitative estimate of drug-likeness (QED) is 0.0935. The van der Waals surface area contributed by atoms with E-state index >= 15 is 0 Å². The van der Waals surface area contributed by atoms with E-state index in [2.05, 4.69) is 11.5 Å². The first-order valence-electron chi connectivity index (χ1n) is 12.6. The minimum absolute atomic E-state index is 0. The molecule has 2 rings (SSSR count). The summed E-state index contributed by atoms with van der Waals surface area (Å²) in [6.45, 7) is 7.20. The Morgan fingerprint density at radius 1 is 1.23 bits per heavy atom. The van der Waals surface area contributed by atoms with E-state index < -0.39 is 6.09 Å². The van der Waals surface area contributed by atoms with Gasteiger partial charge in [-0.3, -0.25) is 4.79 Å². The van der Waals surface area contributed by atoms with Gasteiger partial charge in [-0.05, 0) is 36.6 Å². The zero-order valence-electron chi connectivity index (χ0n) is 24.6. The summed E-state index contributed by atoms with van der Waals surface area (Å²) in [4.78, 5) is 26.8. The summed E-state index contributed by atoms with van der Waals surface area (Å²) in [6, 6.07) is 3.63. The number of nitrogens with one attached hydrogen (secondary N) is 2. The molecule has 0 aliphatic carbocycles. The van der Waals surface area contributed by atoms with Crippen LogP contribution in [-0.4, -0.2) is 81.0 Å². The molecule has 0 unspecified atom stereocenters. The van der Waals surface area contributed by atoms with Crippen LogP contribution in [0.1, 0.15) is 48.7 Å². The van der Waals surface area contributed by atoms with Crippen LogP contribution in [0.15, 0.2) is 47.7 Å². The van der Waals surface area contributed by atoms with Gasteiger partial charge in [-0.15, -0.1) is 6.08 Å². The molecule has 0 radical (unpaired) electrons. The summed E-state index contributed by atoms with van der Waals surface area (Å²) in [7, 11) is 4.08. The SMILES string of the molecule is CC\C=C([C-]=N)/C=C\C=C(/C)NC(=O)c1cc2c(cc1OC)CCN(C(=O)OCCOC)C2.CO.C[CH-]CO.[Cd+2]. The van der Waals surface area contributed by atoms with Crippen LogP contribution in [0, 0.1) is 11.8 Å². The molecule has 218 valence electrons. The molecule has 0 atom stereocenters. The summed E-state index contributed by atoms with van der Waals surface area (Å²) in [6.07, 6.45) is 12.3. The van der Waals surface area contributed by atoms with Gasteiger partial charge in [0.2, 0.25) is 0 Å². The molecule has 1 aromatic rings. The van der Waals surface area contributed by atoms with Crippen molar-refractivity contribution in [2.75, 3.05) is 47.7 Å². The summed E-state index contributed by atoms with van der Waals surface area (Å²) >= 11 is 0. The number of ether oxygens (including phenoxy) is 3. The van der Waals surface area contributed by atoms with Crippen LogP contribution in [-0.2, 0) is 49.7 Å². The fraction of sp³-hybridized carbons (Fsp3) is 0.448. The number of benzene rings is 1. The van der Waals surface area contributed by atoms with E-state index in [4.69, 9.17) is 29.8 Å². The number of amides is 2. The van der Waals surface area contributed by atoms with Crippen molar-refractivity contribution < 1.29 is 61.3 Å². The third-order valence-electron chi connectivity index (χ3n) is 5.23. The predicted octanol–water partition coefficient (Wildman–Crippen LogP) is 3.70. The molecule has 1 aliphatic rings. The molecule has 40 heavy (non-hydrogen) atoms. The Hall–Kier alpha value is -2.55. The zero-order chi connectivity index (χ0) is 29.6. The second kappa shape index (κ2) is 24.3. The van der Waals surface area contributed by atoms with E-state index in [0.717, 1.165) is 24.7 Å². The van der Waals surface area contributed by atoms with Crippen LogP contribution in [0.3, 0.4) is 0 Å². The molecule has 11 heteroatoms. The smallest absolute Gasteiger partial charge is 0.496 e. The van der Waals surface area contributed by atoms with Gasteiger partial charge in [0.1, 0.15) is 12.4 Å². The van der Waals surface area contributed by atoms with E-state index in [1.165, 1.54) is 7.11 Å². The Balaban J connectivity index is 0. The van der Waals surface area contributed by atoms with E-state index in [9.17, 15) is 9.59 Å². The molecule has 0 aromatic heterocycles. The Kier molecular flexibility index (Phi) is 24.0. The van der Waals surface area contributed by atoms with Crippen LogP contribution in [0.4, 0.5) is 4.79 Å². The number of fused-ring (bicyclic) bond motifs is 1. The normalized spacial score (nSPS) is 12.6. The minimum Gasteiger partial charge on any atom is -0.496 e. The standard InChI is InChI=1S/C25H32N3O5.C3H7O.CH4O.Cd/c1-5-7-19(16-26)9-6-8-18(2)27-24(29)22-14-21-17-28(25(30)33-13-12-31-3)11-10-20(21)15-23(22)32-4;1-2-3-4;1-2;/h6-9,14-15,26H,5,10-13,17H2,1-4H3,(H,27,29);2,4H,3H2,1H3;2H,1H3;/q2*-1;;+2/b9-6-,18-8+,19-7+;;;. The number of aliphatic hydroxyl groups is 2. The van der Waals surface area contributed by atoms with E-state index in [1.807, 2.05) is 19.1 Å². The molecule has 1 aliphatic heterocycles. The molecule has 1 heterocycles. The average molecular weight is 658 g/mol. The van der Waals surface area contributed by atoms with Crippen molar-refractivity contribution in [2.24, 2.45) is 0 Å². The van der Waals surface area contributed by atoms with Crippen molar-refractivity contribution in [3.63, 3.8) is 0 Å².